The number of hydrogen-bond acceptors (Lipinski definition) is 2. The Kier molecular flexibility index (Phi) is 4.22. The van der Waals surface area contributed by atoms with Crippen molar-refractivity contribution >= 4 is 22.9 Å². The molecule has 2 N–H and O–H groups in total. The lowest BCUT2D eigenvalue weighted by atomic mass is 10.0. The SMILES string of the molecule is CC1CCCCN1c1ccc(C(F)(F)F)c(C(N)=S)c1. The summed E-state index contributed by atoms with van der Waals surface area (Å²) in [6.07, 6.45) is -1.19. The van der Waals surface area contributed by atoms with Crippen molar-refractivity contribution in [3.63, 3.8) is 0 Å². The van der Waals surface area contributed by atoms with E-state index in [2.05, 4.69) is 11.8 Å². The molecule has 20 heavy (non-hydrogen) atoms. The number of hydrogen-bond donors (Lipinski definition) is 1. The van der Waals surface area contributed by atoms with Gasteiger partial charge in [0.1, 0.15) is 4.99 Å². The van der Waals surface area contributed by atoms with Crippen LogP contribution in [0.2, 0.25) is 0 Å². The molecule has 6 heteroatoms. The third-order valence-electron chi connectivity index (χ3n) is 3.71. The minimum atomic E-state index is -4.44. The molecule has 0 amide bonds. The number of nitrogens with zero attached hydrogens (tertiary/aromatic N) is 1. The standard InChI is InChI=1S/C14H17F3N2S/c1-9-4-2-3-7-19(9)10-5-6-12(14(15,16)17)11(8-10)13(18)20/h5-6,8-9H,2-4,7H2,1H3,(H2,18,20). The van der Waals surface area contributed by atoms with Crippen LogP contribution in [0.15, 0.2) is 18.2 Å². The fraction of sp³-hybridized carbons (Fsp3) is 0.500. The van der Waals surface area contributed by atoms with Crippen molar-refractivity contribution in [3.8, 4) is 0 Å². The lowest BCUT2D eigenvalue weighted by Crippen LogP contribution is -2.37. The van der Waals surface area contributed by atoms with Crippen LogP contribution in [0.5, 0.6) is 0 Å². The molecule has 0 aliphatic carbocycles. The van der Waals surface area contributed by atoms with Crippen LogP contribution in [0.4, 0.5) is 18.9 Å². The van der Waals surface area contributed by atoms with E-state index in [9.17, 15) is 13.2 Å². The second-order valence-corrected chi connectivity index (χ2v) is 5.57. The summed E-state index contributed by atoms with van der Waals surface area (Å²) in [5, 5.41) is 0. The zero-order chi connectivity index (χ0) is 14.9. The van der Waals surface area contributed by atoms with Crippen molar-refractivity contribution in [2.75, 3.05) is 11.4 Å². The van der Waals surface area contributed by atoms with Crippen LogP contribution in [0, 0.1) is 0 Å². The van der Waals surface area contributed by atoms with Crippen LogP contribution in [0.25, 0.3) is 0 Å². The van der Waals surface area contributed by atoms with E-state index >= 15 is 0 Å². The van der Waals surface area contributed by atoms with Crippen LogP contribution < -0.4 is 10.6 Å². The average molecular weight is 302 g/mol. The van der Waals surface area contributed by atoms with Crippen molar-refractivity contribution in [3.05, 3.63) is 29.3 Å². The summed E-state index contributed by atoms with van der Waals surface area (Å²) in [7, 11) is 0. The van der Waals surface area contributed by atoms with E-state index in [1.165, 1.54) is 12.1 Å². The number of anilines is 1. The zero-order valence-corrected chi connectivity index (χ0v) is 12.0. The third kappa shape index (κ3) is 3.06. The van der Waals surface area contributed by atoms with Crippen LogP contribution >= 0.6 is 12.2 Å². The molecule has 0 aromatic heterocycles. The van der Waals surface area contributed by atoms with Gasteiger partial charge in [0.2, 0.25) is 0 Å². The van der Waals surface area contributed by atoms with E-state index in [4.69, 9.17) is 18.0 Å². The molecule has 0 saturated carbocycles. The summed E-state index contributed by atoms with van der Waals surface area (Å²) in [5.41, 5.74) is 5.35. The van der Waals surface area contributed by atoms with Gasteiger partial charge in [0, 0.05) is 23.8 Å². The first-order valence-electron chi connectivity index (χ1n) is 6.58. The molecule has 1 fully saturated rings. The van der Waals surface area contributed by atoms with Gasteiger partial charge in [0.05, 0.1) is 5.56 Å². The van der Waals surface area contributed by atoms with Gasteiger partial charge in [-0.05, 0) is 44.4 Å². The van der Waals surface area contributed by atoms with Gasteiger partial charge in [0.25, 0.3) is 0 Å². The molecule has 1 aromatic rings. The van der Waals surface area contributed by atoms with Gasteiger partial charge in [-0.1, -0.05) is 12.2 Å². The molecule has 1 heterocycles. The van der Waals surface area contributed by atoms with Crippen molar-refractivity contribution in [2.24, 2.45) is 5.73 Å². The molecule has 0 bridgehead atoms. The minimum Gasteiger partial charge on any atom is -0.389 e. The fourth-order valence-corrected chi connectivity index (χ4v) is 2.81. The predicted molar refractivity (Wildman–Crippen MR) is 78.0 cm³/mol. The molecule has 1 unspecified atom stereocenters. The smallest absolute Gasteiger partial charge is 0.389 e. The lowest BCUT2D eigenvalue weighted by molar-refractivity contribution is -0.137. The Morgan fingerprint density at radius 2 is 2.05 bits per heavy atom. The van der Waals surface area contributed by atoms with Crippen LogP contribution in [0.3, 0.4) is 0 Å². The normalized spacial score (nSPS) is 20.0. The van der Waals surface area contributed by atoms with Crippen molar-refractivity contribution in [1.82, 2.24) is 0 Å². The lowest BCUT2D eigenvalue weighted by Gasteiger charge is -2.35. The summed E-state index contributed by atoms with van der Waals surface area (Å²) in [6, 6.07) is 4.37. The van der Waals surface area contributed by atoms with E-state index in [1.807, 2.05) is 0 Å². The highest BCUT2D eigenvalue weighted by atomic mass is 32.1. The van der Waals surface area contributed by atoms with Crippen molar-refractivity contribution in [1.29, 1.82) is 0 Å². The monoisotopic (exact) mass is 302 g/mol. The average Bonchev–Trinajstić information content (AvgIpc) is 2.37. The molecule has 1 aliphatic rings. The summed E-state index contributed by atoms with van der Waals surface area (Å²) < 4.78 is 38.8. The van der Waals surface area contributed by atoms with Crippen LogP contribution in [0.1, 0.15) is 37.3 Å². The van der Waals surface area contributed by atoms with Gasteiger partial charge in [0.15, 0.2) is 0 Å². The highest BCUT2D eigenvalue weighted by molar-refractivity contribution is 7.80. The van der Waals surface area contributed by atoms with Crippen LogP contribution in [-0.4, -0.2) is 17.6 Å². The first kappa shape index (κ1) is 15.1. The van der Waals surface area contributed by atoms with Crippen molar-refractivity contribution in [2.45, 2.75) is 38.4 Å². The van der Waals surface area contributed by atoms with E-state index in [0.29, 0.717) is 6.04 Å². The molecule has 110 valence electrons. The molecule has 1 saturated heterocycles. The maximum Gasteiger partial charge on any atom is 0.417 e. The van der Waals surface area contributed by atoms with Crippen LogP contribution in [-0.2, 0) is 6.18 Å². The topological polar surface area (TPSA) is 29.3 Å². The van der Waals surface area contributed by atoms with Gasteiger partial charge in [-0.25, -0.2) is 0 Å². The van der Waals surface area contributed by atoms with Gasteiger partial charge < -0.3 is 10.6 Å². The number of halogens is 3. The number of nitrogens with two attached hydrogens (primary N) is 1. The van der Waals surface area contributed by atoms with E-state index in [0.717, 1.165) is 37.6 Å². The Labute approximate surface area is 121 Å². The molecular weight excluding hydrogens is 285 g/mol. The molecule has 2 nitrogen and oxygen atoms in total. The fourth-order valence-electron chi connectivity index (χ4n) is 2.64. The van der Waals surface area contributed by atoms with Crippen molar-refractivity contribution < 1.29 is 13.2 Å². The van der Waals surface area contributed by atoms with Gasteiger partial charge >= 0.3 is 6.18 Å². The Morgan fingerprint density at radius 1 is 1.35 bits per heavy atom. The Bertz CT molecular complexity index is 514. The Balaban J connectivity index is 2.42. The van der Waals surface area contributed by atoms with E-state index in [1.54, 1.807) is 0 Å². The van der Waals surface area contributed by atoms with Gasteiger partial charge in [-0.15, -0.1) is 0 Å². The minimum absolute atomic E-state index is 0.0947. The summed E-state index contributed by atoms with van der Waals surface area (Å²) in [5.74, 6) is 0. The highest BCUT2D eigenvalue weighted by Crippen LogP contribution is 2.35. The first-order valence-corrected chi connectivity index (χ1v) is 6.99. The highest BCUT2D eigenvalue weighted by Gasteiger charge is 2.34. The molecule has 1 aliphatic heterocycles. The molecule has 0 radical (unpaired) electrons. The van der Waals surface area contributed by atoms with E-state index < -0.39 is 11.7 Å². The van der Waals surface area contributed by atoms with Gasteiger partial charge in [-0.2, -0.15) is 13.2 Å². The molecular formula is C14H17F3N2S. The maximum absolute atomic E-state index is 12.9. The largest absolute Gasteiger partial charge is 0.417 e. The number of thiocarbonyl (C=S) groups is 1. The number of benzene rings is 1. The number of rotatable bonds is 2. The second-order valence-electron chi connectivity index (χ2n) is 5.13. The quantitative estimate of drug-likeness (QED) is 0.844. The van der Waals surface area contributed by atoms with E-state index in [-0.39, 0.29) is 10.6 Å². The number of piperidine rings is 1. The summed E-state index contributed by atoms with van der Waals surface area (Å²) in [6.45, 7) is 2.93. The first-order chi connectivity index (χ1) is 9.30. The molecule has 1 atom stereocenters. The summed E-state index contributed by atoms with van der Waals surface area (Å²) >= 11 is 4.77. The third-order valence-corrected chi connectivity index (χ3v) is 3.93. The molecule has 0 spiro atoms. The Hall–Kier alpha value is -1.30. The summed E-state index contributed by atoms with van der Waals surface area (Å²) in [4.78, 5) is 1.90. The number of alkyl halides is 3. The maximum atomic E-state index is 12.9. The Morgan fingerprint density at radius 3 is 2.60 bits per heavy atom. The molecule has 2 rings (SSSR count). The predicted octanol–water partition coefficient (Wildman–Crippen LogP) is 3.72. The second kappa shape index (κ2) is 5.60. The molecule has 1 aromatic carbocycles. The van der Waals surface area contributed by atoms with Gasteiger partial charge in [-0.3, -0.25) is 0 Å². The zero-order valence-electron chi connectivity index (χ0n) is 11.2.